The van der Waals surface area contributed by atoms with Crippen LogP contribution >= 0.6 is 16.3 Å². The monoisotopic (exact) mass is 180 g/mol. The first-order chi connectivity index (χ1) is 3.72. The fourth-order valence-electron chi connectivity index (χ4n) is 0.243. The van der Waals surface area contributed by atoms with Gasteiger partial charge in [0.05, 0.1) is 5.92 Å². The highest BCUT2D eigenvalue weighted by Gasteiger charge is 2.09. The molecule has 0 radical (unpaired) electrons. The van der Waals surface area contributed by atoms with E-state index in [1.54, 1.807) is 0 Å². The van der Waals surface area contributed by atoms with Gasteiger partial charge in [-0.3, -0.25) is 4.79 Å². The van der Waals surface area contributed by atoms with Gasteiger partial charge < -0.3 is 3.83 Å². The first-order valence-corrected chi connectivity index (χ1v) is 3.19. The summed E-state index contributed by atoms with van der Waals surface area (Å²) in [5, 5.41) is 0. The summed E-state index contributed by atoms with van der Waals surface area (Å²) in [6.07, 6.45) is 0.824. The molecule has 0 aliphatic carbocycles. The number of halogens is 1. The number of hydrogen-bond acceptors (Lipinski definition) is 2. The maximum Gasteiger partial charge on any atom is 0.320 e. The fourth-order valence-corrected chi connectivity index (χ4v) is 0.562. The smallest absolute Gasteiger partial charge is 0.320 e. The van der Waals surface area contributed by atoms with Crippen LogP contribution in [0.4, 0.5) is 0 Å². The Morgan fingerprint density at radius 3 is 2.50 bits per heavy atom. The van der Waals surface area contributed by atoms with Crippen LogP contribution in [0.1, 0.15) is 20.3 Å². The van der Waals surface area contributed by atoms with Gasteiger partial charge in [0.2, 0.25) is 0 Å². The number of hydrogen-bond donors (Lipinski definition) is 0. The van der Waals surface area contributed by atoms with Crippen LogP contribution in [0.3, 0.4) is 0 Å². The van der Waals surface area contributed by atoms with E-state index in [4.69, 9.17) is 0 Å². The van der Waals surface area contributed by atoms with Crippen LogP contribution in [0.5, 0.6) is 0 Å². The van der Waals surface area contributed by atoms with E-state index in [1.165, 1.54) is 0 Å². The van der Waals surface area contributed by atoms with E-state index >= 15 is 0 Å². The lowest BCUT2D eigenvalue weighted by Crippen LogP contribution is -2.08. The fraction of sp³-hybridized carbons (Fsp3) is 0.800. The standard InChI is InChI=1S/C5H9BrO2/c1-3-4(2)5(7)8-6/h4H,3H2,1-2H3/t4-/m0/s1. The molecule has 0 N–H and O–H groups in total. The Morgan fingerprint density at radius 2 is 2.38 bits per heavy atom. The number of rotatable bonds is 2. The molecule has 0 amide bonds. The summed E-state index contributed by atoms with van der Waals surface area (Å²) in [4.78, 5) is 10.5. The maximum absolute atomic E-state index is 10.5. The van der Waals surface area contributed by atoms with E-state index in [0.29, 0.717) is 0 Å². The Labute approximate surface area is 57.7 Å². The van der Waals surface area contributed by atoms with Crippen molar-refractivity contribution in [3.63, 3.8) is 0 Å². The lowest BCUT2D eigenvalue weighted by molar-refractivity contribution is -0.136. The van der Waals surface area contributed by atoms with E-state index in [2.05, 4.69) is 20.1 Å². The molecule has 3 heteroatoms. The predicted molar refractivity (Wildman–Crippen MR) is 34.5 cm³/mol. The topological polar surface area (TPSA) is 26.3 Å². The molecular weight excluding hydrogens is 172 g/mol. The maximum atomic E-state index is 10.5. The highest BCUT2D eigenvalue weighted by molar-refractivity contribution is 9.06. The van der Waals surface area contributed by atoms with Crippen LogP contribution < -0.4 is 0 Å². The van der Waals surface area contributed by atoms with Crippen LogP contribution in [0.2, 0.25) is 0 Å². The lowest BCUT2D eigenvalue weighted by Gasteiger charge is -2.00. The molecule has 0 aromatic carbocycles. The van der Waals surface area contributed by atoms with Crippen molar-refractivity contribution in [2.75, 3.05) is 0 Å². The summed E-state index contributed by atoms with van der Waals surface area (Å²) in [6, 6.07) is 0. The molecule has 0 saturated heterocycles. The summed E-state index contributed by atoms with van der Waals surface area (Å²) in [5.41, 5.74) is 0. The van der Waals surface area contributed by atoms with Crippen molar-refractivity contribution in [1.29, 1.82) is 0 Å². The molecule has 0 saturated carbocycles. The number of carbonyl (C=O) groups excluding carboxylic acids is 1. The molecule has 48 valence electrons. The second-order valence-electron chi connectivity index (χ2n) is 1.71. The number of carbonyl (C=O) groups is 1. The third-order valence-corrected chi connectivity index (χ3v) is 1.41. The van der Waals surface area contributed by atoms with Gasteiger partial charge >= 0.3 is 5.97 Å². The molecule has 0 heterocycles. The molecule has 0 rings (SSSR count). The van der Waals surface area contributed by atoms with Crippen LogP contribution in [0, 0.1) is 5.92 Å². The van der Waals surface area contributed by atoms with Crippen molar-refractivity contribution in [2.45, 2.75) is 20.3 Å². The SMILES string of the molecule is CC[C@H](C)C(=O)OBr. The van der Waals surface area contributed by atoms with Crippen molar-refractivity contribution >= 4 is 22.2 Å². The summed E-state index contributed by atoms with van der Waals surface area (Å²) in [5.74, 6) is -0.193. The van der Waals surface area contributed by atoms with Gasteiger partial charge in [-0.25, -0.2) is 0 Å². The molecule has 0 aliphatic heterocycles. The molecule has 0 spiro atoms. The molecule has 0 bridgehead atoms. The second-order valence-corrected chi connectivity index (χ2v) is 2.03. The molecular formula is C5H9BrO2. The van der Waals surface area contributed by atoms with Gasteiger partial charge in [-0.15, -0.1) is 0 Å². The molecule has 0 aromatic heterocycles. The van der Waals surface area contributed by atoms with E-state index in [0.717, 1.165) is 6.42 Å². The second kappa shape index (κ2) is 3.89. The highest BCUT2D eigenvalue weighted by Crippen LogP contribution is 2.04. The summed E-state index contributed by atoms with van der Waals surface area (Å²) in [7, 11) is 0. The van der Waals surface area contributed by atoms with Crippen molar-refractivity contribution in [2.24, 2.45) is 5.92 Å². The summed E-state index contributed by atoms with van der Waals surface area (Å²) in [6.45, 7) is 3.76. The zero-order valence-corrected chi connectivity index (χ0v) is 6.56. The first kappa shape index (κ1) is 7.95. The van der Waals surface area contributed by atoms with Crippen molar-refractivity contribution in [3.8, 4) is 0 Å². The van der Waals surface area contributed by atoms with Gasteiger partial charge in [0, 0.05) is 0 Å². The molecule has 1 atom stereocenters. The normalized spacial score (nSPS) is 12.9. The van der Waals surface area contributed by atoms with Gasteiger partial charge in [0.25, 0.3) is 0 Å². The summed E-state index contributed by atoms with van der Waals surface area (Å²) >= 11 is 2.61. The average Bonchev–Trinajstić information content (AvgIpc) is 1.84. The van der Waals surface area contributed by atoms with Crippen LogP contribution in [-0.2, 0) is 8.62 Å². The molecule has 0 aromatic rings. The van der Waals surface area contributed by atoms with Gasteiger partial charge in [0.15, 0.2) is 16.3 Å². The lowest BCUT2D eigenvalue weighted by atomic mass is 10.1. The largest absolute Gasteiger partial charge is 0.383 e. The molecule has 2 nitrogen and oxygen atoms in total. The third-order valence-electron chi connectivity index (χ3n) is 1.09. The van der Waals surface area contributed by atoms with E-state index < -0.39 is 0 Å². The zero-order valence-electron chi connectivity index (χ0n) is 4.98. The Bertz CT molecular complexity index is 82.5. The van der Waals surface area contributed by atoms with Crippen LogP contribution in [0.15, 0.2) is 0 Å². The summed E-state index contributed by atoms with van der Waals surface area (Å²) < 4.78 is 4.28. The zero-order chi connectivity index (χ0) is 6.57. The minimum atomic E-state index is -0.201. The Balaban J connectivity index is 3.46. The van der Waals surface area contributed by atoms with E-state index in [-0.39, 0.29) is 11.9 Å². The highest BCUT2D eigenvalue weighted by atomic mass is 79.9. The minimum absolute atomic E-state index is 0.00868. The minimum Gasteiger partial charge on any atom is -0.383 e. The van der Waals surface area contributed by atoms with Crippen LogP contribution in [-0.4, -0.2) is 5.97 Å². The molecule has 0 aliphatic rings. The quantitative estimate of drug-likeness (QED) is 0.650. The first-order valence-electron chi connectivity index (χ1n) is 2.54. The van der Waals surface area contributed by atoms with Gasteiger partial charge in [-0.05, 0) is 6.42 Å². The third kappa shape index (κ3) is 2.31. The average molecular weight is 181 g/mol. The van der Waals surface area contributed by atoms with Crippen molar-refractivity contribution < 1.29 is 8.62 Å². The predicted octanol–water partition coefficient (Wildman–Crippen LogP) is 1.89. The molecule has 0 fully saturated rings. The van der Waals surface area contributed by atoms with Gasteiger partial charge in [-0.1, -0.05) is 13.8 Å². The molecule has 0 unspecified atom stereocenters. The Kier molecular flexibility index (Phi) is 3.87. The van der Waals surface area contributed by atoms with Crippen molar-refractivity contribution in [3.05, 3.63) is 0 Å². The van der Waals surface area contributed by atoms with Crippen LogP contribution in [0.25, 0.3) is 0 Å². The van der Waals surface area contributed by atoms with E-state index in [9.17, 15) is 4.79 Å². The van der Waals surface area contributed by atoms with Gasteiger partial charge in [0.1, 0.15) is 0 Å². The van der Waals surface area contributed by atoms with E-state index in [1.807, 2.05) is 13.8 Å². The Hall–Kier alpha value is -0.0500. The van der Waals surface area contributed by atoms with Crippen molar-refractivity contribution in [1.82, 2.24) is 0 Å². The van der Waals surface area contributed by atoms with Gasteiger partial charge in [-0.2, -0.15) is 0 Å². The Morgan fingerprint density at radius 1 is 1.88 bits per heavy atom. The molecule has 8 heavy (non-hydrogen) atoms.